The molecule has 4 aromatic rings. The van der Waals surface area contributed by atoms with Crippen LogP contribution in [-0.2, 0) is 27.2 Å². The number of halogens is 1. The van der Waals surface area contributed by atoms with Crippen LogP contribution in [0.1, 0.15) is 11.1 Å². The molecule has 0 radical (unpaired) electrons. The number of aryl methyl sites for hydroxylation is 1. The van der Waals surface area contributed by atoms with Crippen molar-refractivity contribution in [2.24, 2.45) is 14.1 Å². The molecule has 0 aliphatic heterocycles. The average molecular weight is 423 g/mol. The van der Waals surface area contributed by atoms with Crippen LogP contribution in [0.25, 0.3) is 11.2 Å². The molecular formula is C22H22FN5O3. The first-order chi connectivity index (χ1) is 14.9. The van der Waals surface area contributed by atoms with Crippen molar-refractivity contribution >= 4 is 17.1 Å². The summed E-state index contributed by atoms with van der Waals surface area (Å²) in [4.78, 5) is 29.9. The van der Waals surface area contributed by atoms with Crippen molar-refractivity contribution in [3.05, 3.63) is 86.3 Å². The summed E-state index contributed by atoms with van der Waals surface area (Å²) in [5, 5.41) is 3.25. The average Bonchev–Trinajstić information content (AvgIpc) is 3.14. The van der Waals surface area contributed by atoms with E-state index >= 15 is 0 Å². The van der Waals surface area contributed by atoms with Crippen molar-refractivity contribution in [2.45, 2.75) is 13.1 Å². The van der Waals surface area contributed by atoms with E-state index in [0.717, 1.165) is 21.4 Å². The molecule has 31 heavy (non-hydrogen) atoms. The maximum absolute atomic E-state index is 13.4. The summed E-state index contributed by atoms with van der Waals surface area (Å²) in [5.74, 6) is 0.801. The number of nitrogens with one attached hydrogen (secondary N) is 1. The van der Waals surface area contributed by atoms with Crippen molar-refractivity contribution in [3.63, 3.8) is 0 Å². The molecule has 2 aromatic heterocycles. The summed E-state index contributed by atoms with van der Waals surface area (Å²) in [6.07, 6.45) is 0. The lowest BCUT2D eigenvalue weighted by atomic mass is 10.2. The summed E-state index contributed by atoms with van der Waals surface area (Å²) < 4.78 is 22.9. The number of ether oxygens (including phenoxy) is 1. The Balaban J connectivity index is 1.84. The Hall–Kier alpha value is -3.88. The number of hydrogen-bond donors (Lipinski definition) is 1. The molecule has 160 valence electrons. The van der Waals surface area contributed by atoms with Gasteiger partial charge in [0.2, 0.25) is 5.95 Å². The van der Waals surface area contributed by atoms with E-state index in [9.17, 15) is 14.0 Å². The Morgan fingerprint density at radius 2 is 1.74 bits per heavy atom. The first-order valence-corrected chi connectivity index (χ1v) is 9.67. The quantitative estimate of drug-likeness (QED) is 0.514. The van der Waals surface area contributed by atoms with E-state index in [1.54, 1.807) is 30.9 Å². The van der Waals surface area contributed by atoms with Crippen LogP contribution in [0.3, 0.4) is 0 Å². The fraction of sp³-hybridized carbons (Fsp3) is 0.227. The van der Waals surface area contributed by atoms with Gasteiger partial charge in [0.15, 0.2) is 11.2 Å². The normalized spacial score (nSPS) is 11.1. The monoisotopic (exact) mass is 423 g/mol. The minimum Gasteiger partial charge on any atom is -0.496 e. The number of hydrogen-bond acceptors (Lipinski definition) is 5. The molecule has 0 saturated carbocycles. The number of para-hydroxylation sites is 1. The molecule has 8 nitrogen and oxygen atoms in total. The van der Waals surface area contributed by atoms with E-state index in [1.807, 2.05) is 24.3 Å². The molecular weight excluding hydrogens is 401 g/mol. The Labute approximate surface area is 177 Å². The van der Waals surface area contributed by atoms with Crippen LogP contribution in [0.15, 0.2) is 58.1 Å². The lowest BCUT2D eigenvalue weighted by Crippen LogP contribution is -2.37. The molecule has 2 heterocycles. The van der Waals surface area contributed by atoms with Crippen molar-refractivity contribution in [1.82, 2.24) is 18.7 Å². The van der Waals surface area contributed by atoms with Gasteiger partial charge in [-0.2, -0.15) is 4.98 Å². The lowest BCUT2D eigenvalue weighted by molar-refractivity contribution is 0.410. The van der Waals surface area contributed by atoms with Gasteiger partial charge in [-0.05, 0) is 23.8 Å². The van der Waals surface area contributed by atoms with Gasteiger partial charge in [0.25, 0.3) is 5.56 Å². The molecule has 0 unspecified atom stereocenters. The second kappa shape index (κ2) is 8.10. The summed E-state index contributed by atoms with van der Waals surface area (Å²) >= 11 is 0. The van der Waals surface area contributed by atoms with Gasteiger partial charge in [0.05, 0.1) is 13.7 Å². The minimum absolute atomic E-state index is 0.276. The van der Waals surface area contributed by atoms with Crippen molar-refractivity contribution in [2.75, 3.05) is 12.4 Å². The number of anilines is 1. The number of fused-ring (bicyclic) bond motifs is 1. The van der Waals surface area contributed by atoms with Crippen LogP contribution >= 0.6 is 0 Å². The van der Waals surface area contributed by atoms with Gasteiger partial charge in [-0.1, -0.05) is 30.3 Å². The van der Waals surface area contributed by atoms with E-state index in [-0.39, 0.29) is 23.5 Å². The standard InChI is InChI=1S/C22H22FN5O3/c1-26-19-18(20(29)27(2)22(26)30)28(13-14-8-10-16(23)11-9-14)21(25-19)24-12-15-6-4-5-7-17(15)31-3/h4-11H,12-13H2,1-3H3,(H,24,25). The van der Waals surface area contributed by atoms with Crippen molar-refractivity contribution in [1.29, 1.82) is 0 Å². The molecule has 4 rings (SSSR count). The van der Waals surface area contributed by atoms with Gasteiger partial charge in [0, 0.05) is 26.2 Å². The molecule has 2 aromatic carbocycles. The van der Waals surface area contributed by atoms with Crippen LogP contribution in [0.4, 0.5) is 10.3 Å². The predicted octanol–water partition coefficient (Wildman–Crippen LogP) is 2.24. The SMILES string of the molecule is COc1ccccc1CNc1nc2c(c(=O)n(C)c(=O)n2C)n1Cc1ccc(F)cc1. The van der Waals surface area contributed by atoms with Gasteiger partial charge < -0.3 is 10.1 Å². The number of imidazole rings is 1. The number of nitrogens with zero attached hydrogens (tertiary/aromatic N) is 4. The highest BCUT2D eigenvalue weighted by Gasteiger charge is 2.19. The highest BCUT2D eigenvalue weighted by atomic mass is 19.1. The third-order valence-electron chi connectivity index (χ3n) is 5.23. The second-order valence-electron chi connectivity index (χ2n) is 7.19. The largest absolute Gasteiger partial charge is 0.496 e. The Kier molecular flexibility index (Phi) is 5.33. The molecule has 0 aliphatic rings. The fourth-order valence-corrected chi connectivity index (χ4v) is 3.53. The first kappa shape index (κ1) is 20.4. The van der Waals surface area contributed by atoms with Crippen LogP contribution in [0.5, 0.6) is 5.75 Å². The van der Waals surface area contributed by atoms with E-state index in [0.29, 0.717) is 12.5 Å². The predicted molar refractivity (Wildman–Crippen MR) is 116 cm³/mol. The zero-order chi connectivity index (χ0) is 22.1. The fourth-order valence-electron chi connectivity index (χ4n) is 3.53. The smallest absolute Gasteiger partial charge is 0.332 e. The van der Waals surface area contributed by atoms with Crippen molar-refractivity contribution in [3.8, 4) is 5.75 Å². The Morgan fingerprint density at radius 3 is 2.45 bits per heavy atom. The molecule has 1 N–H and O–H groups in total. The van der Waals surface area contributed by atoms with Crippen LogP contribution < -0.4 is 21.3 Å². The zero-order valence-electron chi connectivity index (χ0n) is 17.4. The maximum Gasteiger partial charge on any atom is 0.332 e. The first-order valence-electron chi connectivity index (χ1n) is 9.67. The lowest BCUT2D eigenvalue weighted by Gasteiger charge is -2.13. The van der Waals surface area contributed by atoms with Gasteiger partial charge in [-0.15, -0.1) is 0 Å². The zero-order valence-corrected chi connectivity index (χ0v) is 17.4. The summed E-state index contributed by atoms with van der Waals surface area (Å²) in [6.45, 7) is 0.670. The number of methoxy groups -OCH3 is 1. The summed E-state index contributed by atoms with van der Waals surface area (Å²) in [7, 11) is 4.60. The summed E-state index contributed by atoms with van der Waals surface area (Å²) in [6, 6.07) is 13.6. The third-order valence-corrected chi connectivity index (χ3v) is 5.23. The van der Waals surface area contributed by atoms with Crippen LogP contribution in [0, 0.1) is 5.82 Å². The number of aromatic nitrogens is 4. The second-order valence-corrected chi connectivity index (χ2v) is 7.19. The van der Waals surface area contributed by atoms with Crippen LogP contribution in [-0.4, -0.2) is 25.8 Å². The molecule has 0 saturated heterocycles. The van der Waals surface area contributed by atoms with E-state index in [2.05, 4.69) is 10.3 Å². The topological polar surface area (TPSA) is 83.1 Å². The van der Waals surface area contributed by atoms with Gasteiger partial charge in [-0.25, -0.2) is 9.18 Å². The van der Waals surface area contributed by atoms with Gasteiger partial charge >= 0.3 is 5.69 Å². The maximum atomic E-state index is 13.4. The van der Waals surface area contributed by atoms with Crippen LogP contribution in [0.2, 0.25) is 0 Å². The van der Waals surface area contributed by atoms with E-state index in [1.165, 1.54) is 23.7 Å². The van der Waals surface area contributed by atoms with E-state index in [4.69, 9.17) is 4.74 Å². The third kappa shape index (κ3) is 3.70. The van der Waals surface area contributed by atoms with Gasteiger partial charge in [-0.3, -0.25) is 18.5 Å². The van der Waals surface area contributed by atoms with Gasteiger partial charge in [0.1, 0.15) is 11.6 Å². The molecule has 0 aliphatic carbocycles. The molecule has 9 heteroatoms. The van der Waals surface area contributed by atoms with E-state index < -0.39 is 11.2 Å². The Bertz CT molecular complexity index is 1370. The molecule has 0 amide bonds. The number of benzene rings is 2. The highest BCUT2D eigenvalue weighted by molar-refractivity contribution is 5.74. The molecule has 0 atom stereocenters. The highest BCUT2D eigenvalue weighted by Crippen LogP contribution is 2.22. The minimum atomic E-state index is -0.458. The molecule has 0 bridgehead atoms. The number of rotatable bonds is 6. The summed E-state index contributed by atoms with van der Waals surface area (Å²) in [5.41, 5.74) is 1.36. The molecule has 0 spiro atoms. The van der Waals surface area contributed by atoms with Crippen molar-refractivity contribution < 1.29 is 9.13 Å². The Morgan fingerprint density at radius 1 is 1.03 bits per heavy atom. The molecule has 0 fully saturated rings.